The van der Waals surface area contributed by atoms with Crippen LogP contribution < -0.4 is 5.73 Å². The zero-order valence-corrected chi connectivity index (χ0v) is 11.6. The maximum atomic E-state index is 5.96. The average Bonchev–Trinajstić information content (AvgIpc) is 2.81. The Balaban J connectivity index is 0.00000133. The van der Waals surface area contributed by atoms with Crippen LogP contribution in [0, 0.1) is 0 Å². The molecule has 1 aromatic heterocycles. The number of halogens is 2. The molecule has 98 valence electrons. The second-order valence-electron chi connectivity index (χ2n) is 4.15. The van der Waals surface area contributed by atoms with E-state index in [9.17, 15) is 0 Å². The molecule has 5 heteroatoms. The fourth-order valence-electron chi connectivity index (χ4n) is 1.96. The Kier molecular flexibility index (Phi) is 4.10. The molecule has 3 aromatic rings. The first-order valence-electron chi connectivity index (χ1n) is 5.71. The van der Waals surface area contributed by atoms with Gasteiger partial charge in [-0.2, -0.15) is 0 Å². The standard InChI is InChI=1S/C14H12ClN3.ClH/c15-11-4-5-12-13(7-11)18-14(17-12)10-3-1-2-9(6-10)8-16;/h1-7H,8,16H2,(H,17,18);1H. The first-order chi connectivity index (χ1) is 8.76. The number of fused-ring (bicyclic) bond motifs is 1. The highest BCUT2D eigenvalue weighted by molar-refractivity contribution is 6.31. The highest BCUT2D eigenvalue weighted by Crippen LogP contribution is 2.23. The van der Waals surface area contributed by atoms with Crippen molar-refractivity contribution in [1.29, 1.82) is 0 Å². The number of nitrogens with zero attached hydrogens (tertiary/aromatic N) is 1. The Hall–Kier alpha value is -1.55. The molecule has 3 N–H and O–H groups in total. The number of benzene rings is 2. The summed E-state index contributed by atoms with van der Waals surface area (Å²) >= 11 is 5.96. The quantitative estimate of drug-likeness (QED) is 0.756. The van der Waals surface area contributed by atoms with Crippen molar-refractivity contribution >= 4 is 35.0 Å². The van der Waals surface area contributed by atoms with Gasteiger partial charge in [-0.15, -0.1) is 12.4 Å². The van der Waals surface area contributed by atoms with Crippen molar-refractivity contribution in [3.8, 4) is 11.4 Å². The second kappa shape index (κ2) is 5.61. The third-order valence-corrected chi connectivity index (χ3v) is 3.12. The van der Waals surface area contributed by atoms with Crippen LogP contribution in [0.4, 0.5) is 0 Å². The van der Waals surface area contributed by atoms with E-state index in [0.29, 0.717) is 11.6 Å². The molecular weight excluding hydrogens is 281 g/mol. The molecule has 0 saturated carbocycles. The van der Waals surface area contributed by atoms with Crippen molar-refractivity contribution in [3.63, 3.8) is 0 Å². The molecule has 2 aromatic carbocycles. The van der Waals surface area contributed by atoms with Crippen LogP contribution in [-0.4, -0.2) is 9.97 Å². The molecule has 0 spiro atoms. The predicted molar refractivity (Wildman–Crippen MR) is 81.7 cm³/mol. The summed E-state index contributed by atoms with van der Waals surface area (Å²) in [5.74, 6) is 0.836. The number of aromatic amines is 1. The lowest BCUT2D eigenvalue weighted by Crippen LogP contribution is -1.95. The summed E-state index contributed by atoms with van der Waals surface area (Å²) in [5.41, 5.74) is 9.62. The summed E-state index contributed by atoms with van der Waals surface area (Å²) in [5, 5.41) is 0.702. The minimum atomic E-state index is 0. The van der Waals surface area contributed by atoms with Gasteiger partial charge in [-0.05, 0) is 29.8 Å². The molecule has 0 aliphatic carbocycles. The normalized spacial score (nSPS) is 10.4. The van der Waals surface area contributed by atoms with Gasteiger partial charge in [-0.25, -0.2) is 4.98 Å². The maximum Gasteiger partial charge on any atom is 0.138 e. The van der Waals surface area contributed by atoms with E-state index >= 15 is 0 Å². The first kappa shape index (κ1) is 13.9. The van der Waals surface area contributed by atoms with Gasteiger partial charge in [0.05, 0.1) is 11.0 Å². The highest BCUT2D eigenvalue weighted by Gasteiger charge is 2.05. The Bertz CT molecular complexity index is 707. The van der Waals surface area contributed by atoms with Gasteiger partial charge in [-0.1, -0.05) is 29.8 Å². The van der Waals surface area contributed by atoms with Crippen molar-refractivity contribution in [1.82, 2.24) is 9.97 Å². The van der Waals surface area contributed by atoms with E-state index in [1.807, 2.05) is 42.5 Å². The van der Waals surface area contributed by atoms with Crippen LogP contribution in [0.5, 0.6) is 0 Å². The maximum absolute atomic E-state index is 5.96. The van der Waals surface area contributed by atoms with Gasteiger partial charge >= 0.3 is 0 Å². The van der Waals surface area contributed by atoms with E-state index in [1.54, 1.807) is 0 Å². The zero-order valence-electron chi connectivity index (χ0n) is 10.1. The number of hydrogen-bond donors (Lipinski definition) is 2. The third kappa shape index (κ3) is 2.73. The van der Waals surface area contributed by atoms with Gasteiger partial charge in [-0.3, -0.25) is 0 Å². The molecule has 0 aliphatic rings. The molecule has 0 aliphatic heterocycles. The van der Waals surface area contributed by atoms with Crippen LogP contribution in [0.3, 0.4) is 0 Å². The van der Waals surface area contributed by atoms with E-state index in [2.05, 4.69) is 9.97 Å². The number of nitrogens with two attached hydrogens (primary N) is 1. The fraction of sp³-hybridized carbons (Fsp3) is 0.0714. The largest absolute Gasteiger partial charge is 0.338 e. The van der Waals surface area contributed by atoms with Crippen molar-refractivity contribution in [2.45, 2.75) is 6.54 Å². The smallest absolute Gasteiger partial charge is 0.138 e. The van der Waals surface area contributed by atoms with Crippen LogP contribution in [0.1, 0.15) is 5.56 Å². The van der Waals surface area contributed by atoms with Gasteiger partial charge in [0.2, 0.25) is 0 Å². The van der Waals surface area contributed by atoms with Crippen LogP contribution >= 0.6 is 24.0 Å². The molecule has 0 unspecified atom stereocenters. The summed E-state index contributed by atoms with van der Waals surface area (Å²) in [6.45, 7) is 0.528. The van der Waals surface area contributed by atoms with Crippen molar-refractivity contribution in [2.75, 3.05) is 0 Å². The number of hydrogen-bond acceptors (Lipinski definition) is 2. The molecule has 3 rings (SSSR count). The topological polar surface area (TPSA) is 54.7 Å². The summed E-state index contributed by atoms with van der Waals surface area (Å²) in [6, 6.07) is 13.7. The van der Waals surface area contributed by atoms with Gasteiger partial charge in [0.15, 0.2) is 0 Å². The van der Waals surface area contributed by atoms with Crippen LogP contribution in [0.25, 0.3) is 22.4 Å². The first-order valence-corrected chi connectivity index (χ1v) is 6.09. The van der Waals surface area contributed by atoms with Gasteiger partial charge in [0, 0.05) is 17.1 Å². The summed E-state index contributed by atoms with van der Waals surface area (Å²) in [6.07, 6.45) is 0. The number of rotatable bonds is 2. The molecule has 1 heterocycles. The predicted octanol–water partition coefficient (Wildman–Crippen LogP) is 3.76. The molecule has 19 heavy (non-hydrogen) atoms. The van der Waals surface area contributed by atoms with E-state index in [-0.39, 0.29) is 12.4 Å². The number of nitrogens with one attached hydrogen (secondary N) is 1. The van der Waals surface area contributed by atoms with Crippen molar-refractivity contribution < 1.29 is 0 Å². The molecule has 0 radical (unpaired) electrons. The molecule has 3 nitrogen and oxygen atoms in total. The second-order valence-corrected chi connectivity index (χ2v) is 4.59. The van der Waals surface area contributed by atoms with Crippen molar-refractivity contribution in [3.05, 3.63) is 53.1 Å². The molecule has 0 saturated heterocycles. The SMILES string of the molecule is Cl.NCc1cccc(-c2nc3ccc(Cl)cc3[nH]2)c1. The van der Waals surface area contributed by atoms with Crippen LogP contribution in [0.2, 0.25) is 5.02 Å². The number of H-pyrrole nitrogens is 1. The lowest BCUT2D eigenvalue weighted by atomic mass is 10.1. The van der Waals surface area contributed by atoms with E-state index in [4.69, 9.17) is 17.3 Å². The molecule has 0 bridgehead atoms. The van der Waals surface area contributed by atoms with E-state index in [1.165, 1.54) is 0 Å². The summed E-state index contributed by atoms with van der Waals surface area (Å²) < 4.78 is 0. The fourth-order valence-corrected chi connectivity index (χ4v) is 2.14. The van der Waals surface area contributed by atoms with Gasteiger partial charge in [0.1, 0.15) is 5.82 Å². The monoisotopic (exact) mass is 293 g/mol. The van der Waals surface area contributed by atoms with Crippen LogP contribution in [-0.2, 0) is 6.54 Å². The zero-order chi connectivity index (χ0) is 12.5. The summed E-state index contributed by atoms with van der Waals surface area (Å²) in [7, 11) is 0. The van der Waals surface area contributed by atoms with E-state index in [0.717, 1.165) is 28.0 Å². The van der Waals surface area contributed by atoms with E-state index < -0.39 is 0 Å². The molecule has 0 fully saturated rings. The molecular formula is C14H13Cl2N3. The van der Waals surface area contributed by atoms with Crippen molar-refractivity contribution in [2.24, 2.45) is 5.73 Å². The lowest BCUT2D eigenvalue weighted by molar-refractivity contribution is 1.07. The Morgan fingerprint density at radius 2 is 2.00 bits per heavy atom. The summed E-state index contributed by atoms with van der Waals surface area (Å²) in [4.78, 5) is 7.81. The van der Waals surface area contributed by atoms with Gasteiger partial charge < -0.3 is 10.7 Å². The molecule has 0 amide bonds. The lowest BCUT2D eigenvalue weighted by Gasteiger charge is -1.99. The van der Waals surface area contributed by atoms with Crippen LogP contribution in [0.15, 0.2) is 42.5 Å². The van der Waals surface area contributed by atoms with Gasteiger partial charge in [0.25, 0.3) is 0 Å². The Morgan fingerprint density at radius 3 is 2.79 bits per heavy atom. The Morgan fingerprint density at radius 1 is 1.16 bits per heavy atom. The average molecular weight is 294 g/mol. The number of imidazole rings is 1. The minimum Gasteiger partial charge on any atom is -0.338 e. The minimum absolute atomic E-state index is 0. The number of aromatic nitrogens is 2. The highest BCUT2D eigenvalue weighted by atomic mass is 35.5. The Labute approximate surface area is 122 Å². The third-order valence-electron chi connectivity index (χ3n) is 2.88. The molecule has 0 atom stereocenters.